The predicted octanol–water partition coefficient (Wildman–Crippen LogP) is 4.15. The lowest BCUT2D eigenvalue weighted by Crippen LogP contribution is -2.11. The minimum Gasteiger partial charge on any atom is -0.453 e. The molecule has 2 amide bonds. The molecule has 28 heavy (non-hydrogen) atoms. The highest BCUT2D eigenvalue weighted by molar-refractivity contribution is 7.20. The van der Waals surface area contributed by atoms with Crippen LogP contribution in [-0.2, 0) is 4.74 Å². The van der Waals surface area contributed by atoms with E-state index < -0.39 is 16.9 Å². The third-order valence-corrected chi connectivity index (χ3v) is 4.50. The summed E-state index contributed by atoms with van der Waals surface area (Å²) < 4.78 is 4.56. The number of aromatic nitrogens is 1. The third kappa shape index (κ3) is 4.30. The monoisotopic (exact) mass is 398 g/mol. The zero-order valence-corrected chi connectivity index (χ0v) is 15.4. The number of methoxy groups -OCH3 is 1. The Morgan fingerprint density at radius 3 is 2.54 bits per heavy atom. The molecule has 0 aliphatic heterocycles. The smallest absolute Gasteiger partial charge is 0.413 e. The number of hydrogen-bond acceptors (Lipinski definition) is 7. The topological polar surface area (TPSA) is 123 Å². The first-order valence-electron chi connectivity index (χ1n) is 7.95. The molecule has 1 aromatic heterocycles. The molecule has 0 saturated carbocycles. The fourth-order valence-corrected chi connectivity index (χ4v) is 3.19. The van der Waals surface area contributed by atoms with Gasteiger partial charge in [-0.05, 0) is 6.07 Å². The van der Waals surface area contributed by atoms with Crippen LogP contribution in [0.15, 0.2) is 54.6 Å². The van der Waals surface area contributed by atoms with Crippen molar-refractivity contribution < 1.29 is 19.2 Å². The summed E-state index contributed by atoms with van der Waals surface area (Å²) in [6.07, 6.45) is -0.690. The number of carbonyl (C=O) groups is 2. The average molecular weight is 398 g/mol. The van der Waals surface area contributed by atoms with E-state index in [9.17, 15) is 19.7 Å². The molecule has 3 rings (SSSR count). The molecule has 2 aromatic carbocycles. The molecule has 0 unspecified atom stereocenters. The van der Waals surface area contributed by atoms with Gasteiger partial charge in [-0.2, -0.15) is 0 Å². The number of rotatable bonds is 5. The molecular formula is C18H14N4O5S. The zero-order valence-electron chi connectivity index (χ0n) is 14.5. The largest absolute Gasteiger partial charge is 0.453 e. The van der Waals surface area contributed by atoms with Gasteiger partial charge in [0, 0.05) is 23.3 Å². The van der Waals surface area contributed by atoms with E-state index in [0.29, 0.717) is 10.7 Å². The molecule has 0 bridgehead atoms. The molecule has 0 radical (unpaired) electrons. The Labute approximate surface area is 163 Å². The third-order valence-electron chi connectivity index (χ3n) is 3.62. The Bertz CT molecular complexity index is 1040. The number of nitro benzene ring substituents is 1. The van der Waals surface area contributed by atoms with Gasteiger partial charge in [0.2, 0.25) is 0 Å². The number of hydrogen-bond donors (Lipinski definition) is 2. The molecule has 9 nitrogen and oxygen atoms in total. The maximum Gasteiger partial charge on any atom is 0.413 e. The second kappa shape index (κ2) is 8.27. The quantitative estimate of drug-likeness (QED) is 0.491. The van der Waals surface area contributed by atoms with Gasteiger partial charge >= 0.3 is 6.09 Å². The highest BCUT2D eigenvalue weighted by Gasteiger charge is 2.19. The molecule has 0 atom stereocenters. The Balaban J connectivity index is 1.93. The number of carbonyl (C=O) groups excluding carboxylic acids is 2. The van der Waals surface area contributed by atoms with E-state index >= 15 is 0 Å². The Kier molecular flexibility index (Phi) is 5.61. The number of nitrogens with one attached hydrogen (secondary N) is 2. The van der Waals surface area contributed by atoms with Gasteiger partial charge in [0.05, 0.1) is 12.0 Å². The minimum absolute atomic E-state index is 0.129. The summed E-state index contributed by atoms with van der Waals surface area (Å²) in [7, 11) is 1.23. The molecule has 2 N–H and O–H groups in total. The van der Waals surface area contributed by atoms with Crippen molar-refractivity contribution in [1.29, 1.82) is 0 Å². The number of benzene rings is 2. The molecular weight excluding hydrogens is 384 g/mol. The summed E-state index contributed by atoms with van der Waals surface area (Å²) >= 11 is 1.04. The molecule has 0 aliphatic rings. The highest BCUT2D eigenvalue weighted by Crippen LogP contribution is 2.36. The fraction of sp³-hybridized carbons (Fsp3) is 0.0556. The van der Waals surface area contributed by atoms with Crippen LogP contribution in [0.3, 0.4) is 0 Å². The minimum atomic E-state index is -0.690. The van der Waals surface area contributed by atoms with E-state index in [0.717, 1.165) is 16.9 Å². The van der Waals surface area contributed by atoms with Crippen LogP contribution in [0, 0.1) is 10.1 Å². The van der Waals surface area contributed by atoms with Crippen molar-refractivity contribution in [1.82, 2.24) is 4.98 Å². The van der Waals surface area contributed by atoms with Gasteiger partial charge in [-0.25, -0.2) is 9.78 Å². The lowest BCUT2D eigenvalue weighted by molar-refractivity contribution is -0.384. The van der Waals surface area contributed by atoms with Gasteiger partial charge in [0.1, 0.15) is 10.7 Å². The Morgan fingerprint density at radius 2 is 1.86 bits per heavy atom. The molecule has 3 aromatic rings. The first-order chi connectivity index (χ1) is 13.5. The number of amides is 2. The maximum absolute atomic E-state index is 12.6. The van der Waals surface area contributed by atoms with Crippen molar-refractivity contribution in [2.45, 2.75) is 0 Å². The number of thiazole rings is 1. The highest BCUT2D eigenvalue weighted by atomic mass is 32.1. The van der Waals surface area contributed by atoms with Crippen LogP contribution in [0.25, 0.3) is 11.3 Å². The Hall–Kier alpha value is -3.79. The summed E-state index contributed by atoms with van der Waals surface area (Å²) in [6, 6.07) is 14.5. The lowest BCUT2D eigenvalue weighted by atomic mass is 10.1. The van der Waals surface area contributed by atoms with Crippen LogP contribution in [-0.4, -0.2) is 29.0 Å². The van der Waals surface area contributed by atoms with Gasteiger partial charge in [0.25, 0.3) is 11.6 Å². The van der Waals surface area contributed by atoms with Crippen LogP contribution in [0.1, 0.15) is 10.4 Å². The van der Waals surface area contributed by atoms with Crippen molar-refractivity contribution in [3.8, 4) is 11.3 Å². The number of nitro groups is 1. The van der Waals surface area contributed by atoms with Crippen LogP contribution in [0.2, 0.25) is 0 Å². The number of anilines is 2. The lowest BCUT2D eigenvalue weighted by Gasteiger charge is -2.05. The molecule has 0 aliphatic carbocycles. The van der Waals surface area contributed by atoms with Crippen LogP contribution < -0.4 is 10.6 Å². The zero-order chi connectivity index (χ0) is 20.1. The van der Waals surface area contributed by atoms with Gasteiger partial charge in [-0.15, -0.1) is 0 Å². The number of ether oxygens (including phenoxy) is 1. The van der Waals surface area contributed by atoms with Crippen LogP contribution >= 0.6 is 11.3 Å². The van der Waals surface area contributed by atoms with E-state index in [1.54, 1.807) is 12.1 Å². The Morgan fingerprint density at radius 1 is 1.11 bits per heavy atom. The molecule has 0 spiro atoms. The predicted molar refractivity (Wildman–Crippen MR) is 105 cm³/mol. The number of non-ortho nitro benzene ring substituents is 1. The van der Waals surface area contributed by atoms with E-state index in [-0.39, 0.29) is 16.4 Å². The summed E-state index contributed by atoms with van der Waals surface area (Å²) in [5, 5.41) is 16.7. The van der Waals surface area contributed by atoms with Crippen molar-refractivity contribution in [2.24, 2.45) is 0 Å². The van der Waals surface area contributed by atoms with Crippen molar-refractivity contribution in [3.63, 3.8) is 0 Å². The van der Waals surface area contributed by atoms with E-state index in [4.69, 9.17) is 0 Å². The van der Waals surface area contributed by atoms with Crippen molar-refractivity contribution in [3.05, 3.63) is 70.3 Å². The summed E-state index contributed by atoms with van der Waals surface area (Å²) in [4.78, 5) is 38.8. The average Bonchev–Trinajstić information content (AvgIpc) is 3.10. The second-order valence-electron chi connectivity index (χ2n) is 5.44. The molecule has 142 valence electrons. The fourth-order valence-electron chi connectivity index (χ4n) is 2.32. The van der Waals surface area contributed by atoms with E-state index in [1.807, 2.05) is 18.2 Å². The van der Waals surface area contributed by atoms with Crippen LogP contribution in [0.4, 0.5) is 20.6 Å². The summed E-state index contributed by atoms with van der Waals surface area (Å²) in [5.74, 6) is -0.533. The maximum atomic E-state index is 12.6. The van der Waals surface area contributed by atoms with Gasteiger partial charge in [0.15, 0.2) is 5.13 Å². The van der Waals surface area contributed by atoms with E-state index in [1.165, 1.54) is 31.4 Å². The van der Waals surface area contributed by atoms with Gasteiger partial charge in [-0.3, -0.25) is 20.2 Å². The van der Waals surface area contributed by atoms with Gasteiger partial charge < -0.3 is 10.1 Å². The van der Waals surface area contributed by atoms with Crippen molar-refractivity contribution in [2.75, 3.05) is 17.7 Å². The second-order valence-corrected chi connectivity index (χ2v) is 6.44. The standard InChI is InChI=1S/C18H14N4O5S/c1-27-18(24)21-17-19-14(11-6-3-2-4-7-11)16(28-17)20-15(23)12-8-5-9-13(10-12)22(25)26/h2-10H,1H3,(H,20,23)(H,19,21,24). The molecule has 10 heteroatoms. The SMILES string of the molecule is COC(=O)Nc1nc(-c2ccccc2)c(NC(=O)c2cccc([N+](=O)[O-])c2)s1. The summed E-state index contributed by atoms with van der Waals surface area (Å²) in [5.41, 5.74) is 1.12. The van der Waals surface area contributed by atoms with Crippen LogP contribution in [0.5, 0.6) is 0 Å². The molecule has 0 saturated heterocycles. The molecule has 1 heterocycles. The normalized spacial score (nSPS) is 10.2. The first-order valence-corrected chi connectivity index (χ1v) is 8.76. The van der Waals surface area contributed by atoms with Crippen molar-refractivity contribution >= 4 is 39.2 Å². The summed E-state index contributed by atoms with van der Waals surface area (Å²) in [6.45, 7) is 0. The molecule has 0 fully saturated rings. The van der Waals surface area contributed by atoms with E-state index in [2.05, 4.69) is 20.4 Å². The number of nitrogens with zero attached hydrogens (tertiary/aromatic N) is 2. The van der Waals surface area contributed by atoms with Gasteiger partial charge in [-0.1, -0.05) is 47.7 Å². The first kappa shape index (κ1) is 19.0.